The van der Waals surface area contributed by atoms with Gasteiger partial charge in [-0.3, -0.25) is 4.79 Å². The number of carbonyl (C=O) groups excluding carboxylic acids is 1. The van der Waals surface area contributed by atoms with Crippen LogP contribution in [-0.4, -0.2) is 50.4 Å². The molecule has 32 heavy (non-hydrogen) atoms. The summed E-state index contributed by atoms with van der Waals surface area (Å²) in [5.74, 6) is -0.127. The molecule has 0 radical (unpaired) electrons. The lowest BCUT2D eigenvalue weighted by atomic mass is 10.2. The van der Waals surface area contributed by atoms with Crippen molar-refractivity contribution in [2.24, 2.45) is 0 Å². The highest BCUT2D eigenvalue weighted by atomic mass is 32.2. The fourth-order valence-corrected chi connectivity index (χ4v) is 4.92. The van der Waals surface area contributed by atoms with Gasteiger partial charge in [-0.1, -0.05) is 24.6 Å². The number of piperazine rings is 1. The van der Waals surface area contributed by atoms with E-state index in [0.29, 0.717) is 38.2 Å². The molecule has 3 aromatic rings. The lowest BCUT2D eigenvalue weighted by molar-refractivity contribution is -0.131. The van der Waals surface area contributed by atoms with Crippen molar-refractivity contribution >= 4 is 21.6 Å². The number of aryl methyl sites for hydroxylation is 1. The number of hydrogen-bond acceptors (Lipinski definition) is 6. The normalized spacial score (nSPS) is 14.6. The number of anilines is 1. The zero-order valence-electron chi connectivity index (χ0n) is 17.9. The van der Waals surface area contributed by atoms with Crippen LogP contribution in [0.3, 0.4) is 0 Å². The number of amides is 1. The molecule has 9 heteroatoms. The van der Waals surface area contributed by atoms with Gasteiger partial charge in [-0.2, -0.15) is 4.98 Å². The number of oxazole rings is 1. The van der Waals surface area contributed by atoms with E-state index in [1.54, 1.807) is 34.1 Å². The van der Waals surface area contributed by atoms with E-state index in [-0.39, 0.29) is 27.6 Å². The molecular weight excluding hydrogens is 433 g/mol. The highest BCUT2D eigenvalue weighted by molar-refractivity contribution is 7.91. The number of sulfone groups is 1. The van der Waals surface area contributed by atoms with E-state index in [1.807, 2.05) is 13.8 Å². The second-order valence-electron chi connectivity index (χ2n) is 7.67. The van der Waals surface area contributed by atoms with Crippen LogP contribution in [0.1, 0.15) is 18.9 Å². The van der Waals surface area contributed by atoms with E-state index in [0.717, 1.165) is 5.56 Å². The van der Waals surface area contributed by atoms with Gasteiger partial charge in [0.05, 0.1) is 4.90 Å². The third-order valence-corrected chi connectivity index (χ3v) is 7.15. The summed E-state index contributed by atoms with van der Waals surface area (Å²) in [7, 11) is -3.97. The molecule has 168 valence electrons. The Hall–Kier alpha value is -3.20. The first-order chi connectivity index (χ1) is 15.3. The Kier molecular flexibility index (Phi) is 6.01. The monoisotopic (exact) mass is 457 g/mol. The number of benzene rings is 2. The largest absolute Gasteiger partial charge is 0.419 e. The standard InChI is InChI=1S/C23H24FN3O4S/c1-3-20(28)26-12-14-27(15-13-26)23-22(32(29,30)19-10-4-16(2)5-11-19)25-21(31-23)17-6-8-18(24)9-7-17/h4-11H,3,12-15H2,1-2H3. The number of nitrogens with zero attached hydrogens (tertiary/aromatic N) is 3. The van der Waals surface area contributed by atoms with E-state index < -0.39 is 15.7 Å². The molecule has 4 rings (SSSR count). The molecular formula is C23H24FN3O4S. The summed E-state index contributed by atoms with van der Waals surface area (Å²) in [6.45, 7) is 5.45. The van der Waals surface area contributed by atoms with Gasteiger partial charge in [0.2, 0.25) is 32.5 Å². The first-order valence-corrected chi connectivity index (χ1v) is 11.9. The van der Waals surface area contributed by atoms with Crippen molar-refractivity contribution in [3.8, 4) is 11.5 Å². The topological polar surface area (TPSA) is 83.7 Å². The minimum Gasteiger partial charge on any atom is -0.419 e. The molecule has 0 saturated carbocycles. The quantitative estimate of drug-likeness (QED) is 0.581. The van der Waals surface area contributed by atoms with E-state index in [9.17, 15) is 17.6 Å². The molecule has 2 heterocycles. The molecule has 1 aromatic heterocycles. The number of hydrogen-bond donors (Lipinski definition) is 0. The predicted molar refractivity (Wildman–Crippen MR) is 118 cm³/mol. The molecule has 0 atom stereocenters. The van der Waals surface area contributed by atoms with Crippen molar-refractivity contribution in [1.29, 1.82) is 0 Å². The Bertz CT molecular complexity index is 1210. The number of rotatable bonds is 5. The second-order valence-corrected chi connectivity index (χ2v) is 9.54. The summed E-state index contributed by atoms with van der Waals surface area (Å²) in [6, 6.07) is 12.0. The van der Waals surface area contributed by atoms with Crippen molar-refractivity contribution in [3.05, 3.63) is 59.9 Å². The minimum absolute atomic E-state index is 0.0571. The number of halogens is 1. The van der Waals surface area contributed by atoms with Gasteiger partial charge in [0.1, 0.15) is 5.82 Å². The van der Waals surface area contributed by atoms with Crippen molar-refractivity contribution in [2.45, 2.75) is 30.2 Å². The minimum atomic E-state index is -3.97. The van der Waals surface area contributed by atoms with Crippen LogP contribution < -0.4 is 4.90 Å². The lowest BCUT2D eigenvalue weighted by Gasteiger charge is -2.34. The Balaban J connectivity index is 1.75. The summed E-state index contributed by atoms with van der Waals surface area (Å²) in [5.41, 5.74) is 1.41. The molecule has 1 aliphatic heterocycles. The summed E-state index contributed by atoms with van der Waals surface area (Å²) >= 11 is 0. The maximum atomic E-state index is 13.5. The van der Waals surface area contributed by atoms with Gasteiger partial charge in [0, 0.05) is 38.2 Å². The van der Waals surface area contributed by atoms with Crippen LogP contribution in [0.5, 0.6) is 0 Å². The van der Waals surface area contributed by atoms with E-state index >= 15 is 0 Å². The average molecular weight is 458 g/mol. The van der Waals surface area contributed by atoms with Crippen molar-refractivity contribution in [3.63, 3.8) is 0 Å². The Morgan fingerprint density at radius 3 is 2.25 bits per heavy atom. The van der Waals surface area contributed by atoms with Gasteiger partial charge in [-0.05, 0) is 43.3 Å². The predicted octanol–water partition coefficient (Wildman–Crippen LogP) is 3.68. The van der Waals surface area contributed by atoms with E-state index in [2.05, 4.69) is 4.98 Å². The first kappa shape index (κ1) is 22.0. The number of carbonyl (C=O) groups is 1. The molecule has 1 fully saturated rings. The molecule has 0 spiro atoms. The Morgan fingerprint density at radius 1 is 1.03 bits per heavy atom. The van der Waals surface area contributed by atoms with E-state index in [1.165, 1.54) is 24.3 Å². The van der Waals surface area contributed by atoms with Crippen LogP contribution in [0.4, 0.5) is 10.3 Å². The molecule has 0 aliphatic carbocycles. The van der Waals surface area contributed by atoms with Gasteiger partial charge in [-0.15, -0.1) is 0 Å². The van der Waals surface area contributed by atoms with Crippen molar-refractivity contribution in [2.75, 3.05) is 31.1 Å². The summed E-state index contributed by atoms with van der Waals surface area (Å²) < 4.78 is 46.2. The van der Waals surface area contributed by atoms with Gasteiger partial charge in [0.15, 0.2) is 0 Å². The SMILES string of the molecule is CCC(=O)N1CCN(c2oc(-c3ccc(F)cc3)nc2S(=O)(=O)c2ccc(C)cc2)CC1. The van der Waals surface area contributed by atoms with Gasteiger partial charge < -0.3 is 14.2 Å². The molecule has 1 amide bonds. The number of aromatic nitrogens is 1. The lowest BCUT2D eigenvalue weighted by Crippen LogP contribution is -2.48. The Morgan fingerprint density at radius 2 is 1.66 bits per heavy atom. The van der Waals surface area contributed by atoms with Crippen LogP contribution in [0, 0.1) is 12.7 Å². The summed E-state index contributed by atoms with van der Waals surface area (Å²) in [6.07, 6.45) is 0.421. The van der Waals surface area contributed by atoms with Gasteiger partial charge in [0.25, 0.3) is 0 Å². The molecule has 7 nitrogen and oxygen atoms in total. The fraction of sp³-hybridized carbons (Fsp3) is 0.304. The van der Waals surface area contributed by atoms with Crippen LogP contribution in [-0.2, 0) is 14.6 Å². The molecule has 1 aliphatic rings. The Labute approximate surface area is 186 Å². The summed E-state index contributed by atoms with van der Waals surface area (Å²) in [5, 5.41) is -0.184. The van der Waals surface area contributed by atoms with Crippen molar-refractivity contribution in [1.82, 2.24) is 9.88 Å². The maximum Gasteiger partial charge on any atom is 0.236 e. The highest BCUT2D eigenvalue weighted by Gasteiger charge is 2.33. The smallest absolute Gasteiger partial charge is 0.236 e. The molecule has 0 unspecified atom stereocenters. The zero-order chi connectivity index (χ0) is 22.9. The fourth-order valence-electron chi connectivity index (χ4n) is 3.60. The second kappa shape index (κ2) is 8.74. The van der Waals surface area contributed by atoms with Crippen LogP contribution in [0.2, 0.25) is 0 Å². The summed E-state index contributed by atoms with van der Waals surface area (Å²) in [4.78, 5) is 20.0. The van der Waals surface area contributed by atoms with Gasteiger partial charge >= 0.3 is 0 Å². The highest BCUT2D eigenvalue weighted by Crippen LogP contribution is 2.35. The van der Waals surface area contributed by atoms with Crippen molar-refractivity contribution < 1.29 is 22.0 Å². The zero-order valence-corrected chi connectivity index (χ0v) is 18.7. The molecule has 0 N–H and O–H groups in total. The third kappa shape index (κ3) is 4.25. The molecule has 2 aromatic carbocycles. The molecule has 1 saturated heterocycles. The average Bonchev–Trinajstić information content (AvgIpc) is 3.26. The van der Waals surface area contributed by atoms with Crippen LogP contribution in [0.15, 0.2) is 62.9 Å². The van der Waals surface area contributed by atoms with E-state index in [4.69, 9.17) is 4.42 Å². The molecule has 0 bridgehead atoms. The third-order valence-electron chi connectivity index (χ3n) is 5.48. The van der Waals surface area contributed by atoms with Crippen LogP contribution in [0.25, 0.3) is 11.5 Å². The first-order valence-electron chi connectivity index (χ1n) is 10.4. The maximum absolute atomic E-state index is 13.5. The van der Waals surface area contributed by atoms with Crippen LogP contribution >= 0.6 is 0 Å². The van der Waals surface area contributed by atoms with Gasteiger partial charge in [-0.25, -0.2) is 12.8 Å².